The number of aromatic nitrogens is 2. The summed E-state index contributed by atoms with van der Waals surface area (Å²) in [5.74, 6) is 0. The Hall–Kier alpha value is -5.86. The van der Waals surface area contributed by atoms with Crippen molar-refractivity contribution in [1.29, 1.82) is 0 Å². The molecule has 0 radical (unpaired) electrons. The summed E-state index contributed by atoms with van der Waals surface area (Å²) in [6, 6.07) is 58.9. The first-order chi connectivity index (χ1) is 24.8. The molecule has 1 saturated carbocycles. The molecule has 2 aliphatic carbocycles. The number of para-hydroxylation sites is 2. The van der Waals surface area contributed by atoms with E-state index in [4.69, 9.17) is 0 Å². The van der Waals surface area contributed by atoms with Gasteiger partial charge in [-0.3, -0.25) is 0 Å². The number of benzene rings is 7. The van der Waals surface area contributed by atoms with E-state index in [9.17, 15) is 0 Å². The van der Waals surface area contributed by atoms with E-state index < -0.39 is 0 Å². The zero-order valence-electron chi connectivity index (χ0n) is 27.9. The summed E-state index contributed by atoms with van der Waals surface area (Å²) in [4.78, 5) is 0. The fourth-order valence-electron chi connectivity index (χ4n) is 9.77. The zero-order valence-corrected chi connectivity index (χ0v) is 27.9. The third kappa shape index (κ3) is 3.79. The maximum atomic E-state index is 2.55. The van der Waals surface area contributed by atoms with Crippen molar-refractivity contribution in [2.24, 2.45) is 0 Å². The Morgan fingerprint density at radius 1 is 0.400 bits per heavy atom. The van der Waals surface area contributed by atoms with E-state index in [0.717, 1.165) is 0 Å². The van der Waals surface area contributed by atoms with Crippen molar-refractivity contribution in [3.05, 3.63) is 169 Å². The Labute approximate surface area is 291 Å². The van der Waals surface area contributed by atoms with E-state index in [1.54, 1.807) is 5.56 Å². The van der Waals surface area contributed by atoms with Crippen LogP contribution in [0.2, 0.25) is 0 Å². The highest BCUT2D eigenvalue weighted by atomic mass is 15.0. The molecule has 0 N–H and O–H groups in total. The molecule has 50 heavy (non-hydrogen) atoms. The summed E-state index contributed by atoms with van der Waals surface area (Å²) >= 11 is 0. The van der Waals surface area contributed by atoms with Crippen molar-refractivity contribution in [1.82, 2.24) is 9.13 Å². The molecule has 2 nitrogen and oxygen atoms in total. The molecule has 2 aromatic heterocycles. The molecule has 0 aliphatic heterocycles. The average molecular weight is 641 g/mol. The van der Waals surface area contributed by atoms with Crippen LogP contribution in [0.1, 0.15) is 43.2 Å². The quantitative estimate of drug-likeness (QED) is 0.182. The minimum absolute atomic E-state index is 0.116. The van der Waals surface area contributed by atoms with Crippen LogP contribution < -0.4 is 0 Å². The molecule has 0 unspecified atom stereocenters. The topological polar surface area (TPSA) is 9.86 Å². The van der Waals surface area contributed by atoms with Crippen molar-refractivity contribution in [3.63, 3.8) is 0 Å². The van der Waals surface area contributed by atoms with Crippen LogP contribution in [-0.2, 0) is 5.41 Å². The van der Waals surface area contributed by atoms with Gasteiger partial charge in [0.15, 0.2) is 0 Å². The van der Waals surface area contributed by atoms with E-state index in [1.807, 2.05) is 0 Å². The predicted molar refractivity (Wildman–Crippen MR) is 210 cm³/mol. The van der Waals surface area contributed by atoms with Crippen molar-refractivity contribution < 1.29 is 0 Å². The Bertz CT molecular complexity index is 2770. The summed E-state index contributed by atoms with van der Waals surface area (Å²) in [6.07, 6.45) is 6.39. The lowest BCUT2D eigenvalue weighted by atomic mass is 9.68. The second kappa shape index (κ2) is 10.6. The standard InChI is InChI=1S/C48H36N2/c1-3-13-32(14-4-1)33-21-23-34(24-22-33)50-43-19-9-6-16-38(43)39-27-28-45-46(47(39)50)40-17-7-10-20-44(40)49(45)35-25-26-37-36-15-5-8-18-41(36)48(42(37)31-35)29-11-2-12-30-48/h1,3-10,13-28,31H,2,11-12,29-30H2. The minimum Gasteiger partial charge on any atom is -0.309 e. The number of nitrogens with zero attached hydrogens (tertiary/aromatic N) is 2. The van der Waals surface area contributed by atoms with E-state index in [1.165, 1.54) is 115 Å². The second-order valence-electron chi connectivity index (χ2n) is 14.4. The maximum absolute atomic E-state index is 2.55. The normalized spacial score (nSPS) is 15.0. The number of rotatable bonds is 3. The molecule has 0 bridgehead atoms. The molecule has 1 fully saturated rings. The SMILES string of the molecule is c1ccc(-c2ccc(-n3c4ccccc4c4ccc5c(c6ccccc6n5-c5ccc6c(c5)C5(CCCCC5)c5ccccc5-6)c43)cc2)cc1. The fourth-order valence-corrected chi connectivity index (χ4v) is 9.77. The van der Waals surface area contributed by atoms with Crippen molar-refractivity contribution in [2.75, 3.05) is 0 Å². The zero-order chi connectivity index (χ0) is 32.8. The van der Waals surface area contributed by atoms with Gasteiger partial charge in [-0.1, -0.05) is 135 Å². The molecule has 0 atom stereocenters. The second-order valence-corrected chi connectivity index (χ2v) is 14.4. The Balaban J connectivity index is 1.19. The van der Waals surface area contributed by atoms with E-state index in [-0.39, 0.29) is 5.41 Å². The maximum Gasteiger partial charge on any atom is 0.0641 e. The molecular formula is C48H36N2. The fraction of sp³-hybridized carbons (Fsp3) is 0.125. The molecule has 0 saturated heterocycles. The van der Waals surface area contributed by atoms with Crippen molar-refractivity contribution >= 4 is 43.6 Å². The minimum atomic E-state index is 0.116. The highest BCUT2D eigenvalue weighted by Crippen LogP contribution is 2.56. The Kier molecular flexibility index (Phi) is 5.92. The predicted octanol–water partition coefficient (Wildman–Crippen LogP) is 12.8. The summed E-state index contributed by atoms with van der Waals surface area (Å²) in [7, 11) is 0. The van der Waals surface area contributed by atoms with Crippen LogP contribution in [0, 0.1) is 0 Å². The van der Waals surface area contributed by atoms with Gasteiger partial charge in [-0.05, 0) is 88.7 Å². The largest absolute Gasteiger partial charge is 0.309 e. The molecule has 9 aromatic rings. The molecular weight excluding hydrogens is 605 g/mol. The smallest absolute Gasteiger partial charge is 0.0641 e. The van der Waals surface area contributed by atoms with Gasteiger partial charge in [-0.2, -0.15) is 0 Å². The highest BCUT2D eigenvalue weighted by Gasteiger charge is 2.43. The van der Waals surface area contributed by atoms with E-state index in [2.05, 4.69) is 167 Å². The van der Waals surface area contributed by atoms with Crippen LogP contribution in [0.15, 0.2) is 158 Å². The average Bonchev–Trinajstić information content (AvgIpc) is 3.80. The molecule has 2 aliphatic rings. The van der Waals surface area contributed by atoms with Gasteiger partial charge in [-0.15, -0.1) is 0 Å². The van der Waals surface area contributed by atoms with Gasteiger partial charge in [0, 0.05) is 38.3 Å². The lowest BCUT2D eigenvalue weighted by Gasteiger charge is -2.36. The van der Waals surface area contributed by atoms with E-state index in [0.29, 0.717) is 0 Å². The first kappa shape index (κ1) is 28.0. The van der Waals surface area contributed by atoms with Crippen LogP contribution >= 0.6 is 0 Å². The number of fused-ring (bicyclic) bond motifs is 12. The monoisotopic (exact) mass is 640 g/mol. The van der Waals surface area contributed by atoms with Gasteiger partial charge in [0.2, 0.25) is 0 Å². The highest BCUT2D eigenvalue weighted by molar-refractivity contribution is 6.26. The Morgan fingerprint density at radius 2 is 1.04 bits per heavy atom. The van der Waals surface area contributed by atoms with Gasteiger partial charge < -0.3 is 9.13 Å². The summed E-state index contributed by atoms with van der Waals surface area (Å²) < 4.78 is 5.03. The van der Waals surface area contributed by atoms with Crippen LogP contribution in [0.25, 0.3) is 77.2 Å². The summed E-state index contributed by atoms with van der Waals surface area (Å²) in [5.41, 5.74) is 15.9. The first-order valence-electron chi connectivity index (χ1n) is 18.2. The summed E-state index contributed by atoms with van der Waals surface area (Å²) in [5, 5.41) is 5.16. The molecule has 2 heteroatoms. The molecule has 238 valence electrons. The lowest BCUT2D eigenvalue weighted by molar-refractivity contribution is 0.353. The first-order valence-corrected chi connectivity index (χ1v) is 18.2. The third-order valence-corrected chi connectivity index (χ3v) is 11.9. The molecule has 2 heterocycles. The number of hydrogen-bond acceptors (Lipinski definition) is 0. The molecule has 7 aromatic carbocycles. The molecule has 11 rings (SSSR count). The van der Waals surface area contributed by atoms with Gasteiger partial charge in [-0.25, -0.2) is 0 Å². The summed E-state index contributed by atoms with van der Waals surface area (Å²) in [6.45, 7) is 0. The van der Waals surface area contributed by atoms with E-state index >= 15 is 0 Å². The van der Waals surface area contributed by atoms with Crippen LogP contribution in [0.3, 0.4) is 0 Å². The van der Waals surface area contributed by atoms with Crippen molar-refractivity contribution in [2.45, 2.75) is 37.5 Å². The van der Waals surface area contributed by atoms with Crippen LogP contribution in [0.5, 0.6) is 0 Å². The van der Waals surface area contributed by atoms with Gasteiger partial charge in [0.05, 0.1) is 22.1 Å². The molecule has 0 amide bonds. The molecule has 1 spiro atoms. The van der Waals surface area contributed by atoms with Crippen LogP contribution in [0.4, 0.5) is 0 Å². The van der Waals surface area contributed by atoms with Crippen LogP contribution in [-0.4, -0.2) is 9.13 Å². The van der Waals surface area contributed by atoms with Gasteiger partial charge >= 0.3 is 0 Å². The van der Waals surface area contributed by atoms with Gasteiger partial charge in [0.25, 0.3) is 0 Å². The number of hydrogen-bond donors (Lipinski definition) is 0. The lowest BCUT2D eigenvalue weighted by Crippen LogP contribution is -2.28. The van der Waals surface area contributed by atoms with Gasteiger partial charge in [0.1, 0.15) is 0 Å². The Morgan fingerprint density at radius 3 is 1.86 bits per heavy atom. The van der Waals surface area contributed by atoms with Crippen molar-refractivity contribution in [3.8, 4) is 33.6 Å². The third-order valence-electron chi connectivity index (χ3n) is 11.9.